The second-order valence-corrected chi connectivity index (χ2v) is 3.87. The van der Waals surface area contributed by atoms with Crippen LogP contribution < -0.4 is 5.73 Å². The number of para-hydroxylation sites is 1. The summed E-state index contributed by atoms with van der Waals surface area (Å²) in [7, 11) is 0. The van der Waals surface area contributed by atoms with Crippen LogP contribution in [0.4, 0.5) is 5.69 Å². The molecule has 7 heteroatoms. The number of hydrogen-bond donors (Lipinski definition) is 5. The lowest BCUT2D eigenvalue weighted by Crippen LogP contribution is -2.01. The number of carboxylic acid groups (broad SMARTS) is 2. The van der Waals surface area contributed by atoms with Gasteiger partial charge >= 0.3 is 11.9 Å². The molecular weight excluding hydrogens is 278 g/mol. The molecule has 0 unspecified atom stereocenters. The van der Waals surface area contributed by atoms with Gasteiger partial charge in [0.05, 0.1) is 0 Å². The number of rotatable bonds is 2. The molecule has 0 saturated carbocycles. The molecule has 0 heterocycles. The molecule has 0 fully saturated rings. The van der Waals surface area contributed by atoms with Crippen molar-refractivity contribution >= 4 is 17.6 Å². The molecule has 0 bridgehead atoms. The monoisotopic (exact) mass is 291 g/mol. The van der Waals surface area contributed by atoms with Crippen LogP contribution in [0.1, 0.15) is 20.7 Å². The van der Waals surface area contributed by atoms with Crippen molar-refractivity contribution in [1.82, 2.24) is 0 Å². The Kier molecular flexibility index (Phi) is 5.13. The molecule has 110 valence electrons. The molecule has 2 aromatic rings. The highest BCUT2D eigenvalue weighted by molar-refractivity contribution is 5.96. The maximum Gasteiger partial charge on any atom is 0.341 e. The fourth-order valence-electron chi connectivity index (χ4n) is 1.44. The first-order chi connectivity index (χ1) is 9.84. The number of aromatic carboxylic acids is 2. The van der Waals surface area contributed by atoms with E-state index in [4.69, 9.17) is 26.2 Å². The average molecular weight is 291 g/mol. The van der Waals surface area contributed by atoms with E-state index >= 15 is 0 Å². The van der Waals surface area contributed by atoms with Crippen molar-refractivity contribution in [1.29, 1.82) is 0 Å². The summed E-state index contributed by atoms with van der Waals surface area (Å²) < 4.78 is 0. The summed E-state index contributed by atoms with van der Waals surface area (Å²) in [6.45, 7) is 0. The van der Waals surface area contributed by atoms with Gasteiger partial charge in [0.15, 0.2) is 0 Å². The van der Waals surface area contributed by atoms with Gasteiger partial charge in [0.2, 0.25) is 0 Å². The first-order valence-electron chi connectivity index (χ1n) is 5.66. The summed E-state index contributed by atoms with van der Waals surface area (Å²) >= 11 is 0. The van der Waals surface area contributed by atoms with E-state index in [2.05, 4.69) is 0 Å². The Labute approximate surface area is 119 Å². The van der Waals surface area contributed by atoms with Crippen LogP contribution in [0.15, 0.2) is 42.5 Å². The molecule has 0 amide bonds. The fourth-order valence-corrected chi connectivity index (χ4v) is 1.44. The highest BCUT2D eigenvalue weighted by Gasteiger charge is 2.11. The largest absolute Gasteiger partial charge is 0.507 e. The number of nitrogens with two attached hydrogens (primary N) is 1. The van der Waals surface area contributed by atoms with Crippen molar-refractivity contribution in [2.45, 2.75) is 0 Å². The zero-order valence-corrected chi connectivity index (χ0v) is 10.7. The average Bonchev–Trinajstić information content (AvgIpc) is 2.39. The van der Waals surface area contributed by atoms with Gasteiger partial charge in [-0.05, 0) is 24.3 Å². The smallest absolute Gasteiger partial charge is 0.341 e. The molecule has 0 spiro atoms. The number of carboxylic acids is 2. The van der Waals surface area contributed by atoms with Gasteiger partial charge in [-0.2, -0.15) is 0 Å². The predicted octanol–water partition coefficient (Wildman–Crippen LogP) is 1.76. The Morgan fingerprint density at radius 3 is 1.76 bits per heavy atom. The number of nitrogen functional groups attached to an aromatic ring is 1. The molecule has 0 atom stereocenters. The molecule has 0 saturated heterocycles. The lowest BCUT2D eigenvalue weighted by Gasteiger charge is -2.01. The lowest BCUT2D eigenvalue weighted by atomic mass is 10.1. The minimum absolute atomic E-state index is 0.0671. The van der Waals surface area contributed by atoms with Crippen LogP contribution in [0.3, 0.4) is 0 Å². The standard InChI is InChI=1S/C7H7NO3.C7H6O3/c8-4-2-1-3-5(9)6(4)7(10)11;8-6-4-2-1-3-5(6)7(9)10/h1-3,9H,8H2,(H,10,11);1-4,8H,(H,9,10). The van der Waals surface area contributed by atoms with Crippen LogP contribution in [0, 0.1) is 0 Å². The van der Waals surface area contributed by atoms with Crippen molar-refractivity contribution in [3.05, 3.63) is 53.6 Å². The highest BCUT2D eigenvalue weighted by atomic mass is 16.4. The van der Waals surface area contributed by atoms with E-state index in [1.807, 2.05) is 0 Å². The molecule has 0 aromatic heterocycles. The van der Waals surface area contributed by atoms with E-state index in [1.165, 1.54) is 30.3 Å². The van der Waals surface area contributed by atoms with Crippen LogP contribution in [0.25, 0.3) is 0 Å². The molecule has 0 aliphatic carbocycles. The van der Waals surface area contributed by atoms with Crippen molar-refractivity contribution < 1.29 is 30.0 Å². The number of aromatic hydroxyl groups is 2. The number of phenols is 2. The predicted molar refractivity (Wildman–Crippen MR) is 74.5 cm³/mol. The zero-order valence-electron chi connectivity index (χ0n) is 10.7. The topological polar surface area (TPSA) is 141 Å². The molecule has 21 heavy (non-hydrogen) atoms. The van der Waals surface area contributed by atoms with Crippen molar-refractivity contribution in [2.24, 2.45) is 0 Å². The first kappa shape index (κ1) is 15.8. The number of benzene rings is 2. The maximum atomic E-state index is 10.4. The summed E-state index contributed by atoms with van der Waals surface area (Å²) in [5.41, 5.74) is 5.04. The first-order valence-corrected chi connectivity index (χ1v) is 5.66. The van der Waals surface area contributed by atoms with E-state index in [0.717, 1.165) is 0 Å². The molecule has 6 N–H and O–H groups in total. The minimum Gasteiger partial charge on any atom is -0.507 e. The third kappa shape index (κ3) is 4.13. The van der Waals surface area contributed by atoms with E-state index in [9.17, 15) is 9.59 Å². The normalized spacial score (nSPS) is 9.33. The molecule has 0 aliphatic rings. The van der Waals surface area contributed by atoms with Crippen LogP contribution >= 0.6 is 0 Å². The van der Waals surface area contributed by atoms with Crippen LogP contribution in [-0.2, 0) is 0 Å². The van der Waals surface area contributed by atoms with Gasteiger partial charge in [-0.3, -0.25) is 0 Å². The van der Waals surface area contributed by atoms with Crippen LogP contribution in [-0.4, -0.2) is 32.4 Å². The van der Waals surface area contributed by atoms with E-state index < -0.39 is 11.9 Å². The Hall–Kier alpha value is -3.22. The minimum atomic E-state index is -1.22. The summed E-state index contributed by atoms with van der Waals surface area (Å²) in [4.78, 5) is 20.7. The van der Waals surface area contributed by atoms with Gasteiger partial charge in [0.25, 0.3) is 0 Å². The number of anilines is 1. The Bertz CT molecular complexity index is 648. The molecule has 0 aliphatic heterocycles. The van der Waals surface area contributed by atoms with Gasteiger partial charge in [-0.15, -0.1) is 0 Å². The Morgan fingerprint density at radius 1 is 0.810 bits per heavy atom. The highest BCUT2D eigenvalue weighted by Crippen LogP contribution is 2.22. The summed E-state index contributed by atoms with van der Waals surface area (Å²) in [6.07, 6.45) is 0. The molecule has 2 aromatic carbocycles. The van der Waals surface area contributed by atoms with Gasteiger partial charge in [-0.1, -0.05) is 18.2 Å². The fraction of sp³-hybridized carbons (Fsp3) is 0. The number of hydrogen-bond acceptors (Lipinski definition) is 5. The zero-order chi connectivity index (χ0) is 16.0. The Morgan fingerprint density at radius 2 is 1.38 bits per heavy atom. The second kappa shape index (κ2) is 6.80. The SMILES string of the molecule is Nc1cccc(O)c1C(=O)O.O=C(O)c1ccccc1O. The van der Waals surface area contributed by atoms with Crippen molar-refractivity contribution in [3.63, 3.8) is 0 Å². The third-order valence-corrected chi connectivity index (χ3v) is 2.42. The van der Waals surface area contributed by atoms with Gasteiger partial charge < -0.3 is 26.2 Å². The molecular formula is C14H13NO6. The molecule has 0 radical (unpaired) electrons. The summed E-state index contributed by atoms with van der Waals surface area (Å²) in [5.74, 6) is -2.84. The van der Waals surface area contributed by atoms with Crippen molar-refractivity contribution in [2.75, 3.05) is 5.73 Å². The van der Waals surface area contributed by atoms with Gasteiger partial charge in [-0.25, -0.2) is 9.59 Å². The van der Waals surface area contributed by atoms with Gasteiger partial charge in [0, 0.05) is 5.69 Å². The quantitative estimate of drug-likeness (QED) is 0.531. The summed E-state index contributed by atoms with van der Waals surface area (Å²) in [6, 6.07) is 9.99. The van der Waals surface area contributed by atoms with Gasteiger partial charge in [0.1, 0.15) is 22.6 Å². The molecule has 7 nitrogen and oxygen atoms in total. The van der Waals surface area contributed by atoms with Crippen LogP contribution in [0.2, 0.25) is 0 Å². The van der Waals surface area contributed by atoms with Crippen molar-refractivity contribution in [3.8, 4) is 11.5 Å². The third-order valence-electron chi connectivity index (χ3n) is 2.42. The summed E-state index contributed by atoms with van der Waals surface area (Å²) in [5, 5.41) is 34.8. The maximum absolute atomic E-state index is 10.4. The van der Waals surface area contributed by atoms with E-state index in [0.29, 0.717) is 0 Å². The lowest BCUT2D eigenvalue weighted by molar-refractivity contribution is 0.0683. The Balaban J connectivity index is 0.000000211. The number of carbonyl (C=O) groups is 2. The second-order valence-electron chi connectivity index (χ2n) is 3.87. The van der Waals surface area contributed by atoms with E-state index in [-0.39, 0.29) is 28.3 Å². The molecule has 2 rings (SSSR count). The van der Waals surface area contributed by atoms with Crippen LogP contribution in [0.5, 0.6) is 11.5 Å². The van der Waals surface area contributed by atoms with E-state index in [1.54, 1.807) is 12.1 Å².